The molecular formula is C20H19N3O3. The molecule has 0 bridgehead atoms. The summed E-state index contributed by atoms with van der Waals surface area (Å²) in [5.74, 6) is 1.89. The number of carbonyl (C=O) groups is 1. The minimum atomic E-state index is -0.0399. The van der Waals surface area contributed by atoms with E-state index in [4.69, 9.17) is 9.26 Å². The standard InChI is InChI=1S/C20H19N3O3/c1-25-17-9-7-15(8-10-17)20-21-19(22-26-20)16-11-18(24)23(13-16)12-14-5-3-2-4-6-14/h2-10,16H,11-13H2,1H3. The minimum Gasteiger partial charge on any atom is -0.497 e. The molecule has 0 aliphatic carbocycles. The van der Waals surface area contributed by atoms with Crippen LogP contribution >= 0.6 is 0 Å². The molecule has 132 valence electrons. The number of rotatable bonds is 5. The molecule has 6 heteroatoms. The van der Waals surface area contributed by atoms with Crippen LogP contribution in [0.25, 0.3) is 11.5 Å². The highest BCUT2D eigenvalue weighted by Crippen LogP contribution is 2.29. The number of benzene rings is 2. The van der Waals surface area contributed by atoms with E-state index in [0.29, 0.717) is 31.2 Å². The molecule has 2 aromatic carbocycles. The van der Waals surface area contributed by atoms with Crippen LogP contribution in [0.15, 0.2) is 59.1 Å². The lowest BCUT2D eigenvalue weighted by atomic mass is 10.1. The first kappa shape index (κ1) is 16.3. The molecule has 1 fully saturated rings. The molecule has 2 heterocycles. The number of methoxy groups -OCH3 is 1. The van der Waals surface area contributed by atoms with Gasteiger partial charge in [0.25, 0.3) is 5.89 Å². The van der Waals surface area contributed by atoms with Gasteiger partial charge in [0.05, 0.1) is 7.11 Å². The molecule has 1 atom stereocenters. The largest absolute Gasteiger partial charge is 0.497 e. The summed E-state index contributed by atoms with van der Waals surface area (Å²) < 4.78 is 10.5. The zero-order valence-electron chi connectivity index (χ0n) is 14.5. The maximum absolute atomic E-state index is 12.3. The number of ether oxygens (including phenoxy) is 1. The van der Waals surface area contributed by atoms with Crippen molar-refractivity contribution in [1.29, 1.82) is 0 Å². The Bertz CT molecular complexity index is 890. The molecule has 1 aromatic heterocycles. The van der Waals surface area contributed by atoms with Gasteiger partial charge in [0, 0.05) is 31.0 Å². The summed E-state index contributed by atoms with van der Waals surface area (Å²) in [7, 11) is 1.62. The van der Waals surface area contributed by atoms with Crippen molar-refractivity contribution in [2.45, 2.75) is 18.9 Å². The van der Waals surface area contributed by atoms with Gasteiger partial charge in [-0.2, -0.15) is 4.98 Å². The van der Waals surface area contributed by atoms with Crippen LogP contribution in [0.2, 0.25) is 0 Å². The predicted molar refractivity (Wildman–Crippen MR) is 95.5 cm³/mol. The summed E-state index contributed by atoms with van der Waals surface area (Å²) in [5, 5.41) is 4.10. The molecule has 1 amide bonds. The molecule has 4 rings (SSSR count). The zero-order chi connectivity index (χ0) is 17.9. The first-order valence-electron chi connectivity index (χ1n) is 8.52. The van der Waals surface area contributed by atoms with Gasteiger partial charge in [0.1, 0.15) is 5.75 Å². The number of carbonyl (C=O) groups excluding carboxylic acids is 1. The van der Waals surface area contributed by atoms with Crippen molar-refractivity contribution < 1.29 is 14.1 Å². The van der Waals surface area contributed by atoms with Crippen molar-refractivity contribution in [3.63, 3.8) is 0 Å². The van der Waals surface area contributed by atoms with Gasteiger partial charge in [-0.3, -0.25) is 4.79 Å². The van der Waals surface area contributed by atoms with Crippen molar-refractivity contribution in [2.75, 3.05) is 13.7 Å². The highest BCUT2D eigenvalue weighted by Gasteiger charge is 2.33. The molecule has 0 saturated carbocycles. The quantitative estimate of drug-likeness (QED) is 0.707. The number of aromatic nitrogens is 2. The molecule has 1 saturated heterocycles. The lowest BCUT2D eigenvalue weighted by molar-refractivity contribution is -0.128. The second kappa shape index (κ2) is 7.00. The van der Waals surface area contributed by atoms with Crippen LogP contribution in [0, 0.1) is 0 Å². The third-order valence-electron chi connectivity index (χ3n) is 4.57. The topological polar surface area (TPSA) is 68.5 Å². The van der Waals surface area contributed by atoms with Crippen LogP contribution in [0.4, 0.5) is 0 Å². The monoisotopic (exact) mass is 349 g/mol. The molecule has 1 unspecified atom stereocenters. The SMILES string of the molecule is COc1ccc(-c2nc(C3CC(=O)N(Cc4ccccc4)C3)no2)cc1. The molecule has 3 aromatic rings. The molecule has 0 N–H and O–H groups in total. The van der Waals surface area contributed by atoms with Gasteiger partial charge in [-0.25, -0.2) is 0 Å². The Hall–Kier alpha value is -3.15. The Morgan fingerprint density at radius 1 is 1.15 bits per heavy atom. The van der Waals surface area contributed by atoms with Gasteiger partial charge in [0.15, 0.2) is 5.82 Å². The summed E-state index contributed by atoms with van der Waals surface area (Å²) in [6.07, 6.45) is 0.411. The summed E-state index contributed by atoms with van der Waals surface area (Å²) in [5.41, 5.74) is 1.95. The van der Waals surface area contributed by atoms with E-state index in [2.05, 4.69) is 10.1 Å². The average Bonchev–Trinajstić information content (AvgIpc) is 3.30. The van der Waals surface area contributed by atoms with Gasteiger partial charge in [0.2, 0.25) is 5.91 Å². The Morgan fingerprint density at radius 2 is 1.92 bits per heavy atom. The smallest absolute Gasteiger partial charge is 0.257 e. The van der Waals surface area contributed by atoms with Crippen molar-refractivity contribution in [2.24, 2.45) is 0 Å². The highest BCUT2D eigenvalue weighted by molar-refractivity contribution is 5.79. The van der Waals surface area contributed by atoms with Gasteiger partial charge in [-0.15, -0.1) is 0 Å². The minimum absolute atomic E-state index is 0.0399. The van der Waals surface area contributed by atoms with Gasteiger partial charge < -0.3 is 14.2 Å². The van der Waals surface area contributed by atoms with E-state index in [-0.39, 0.29) is 11.8 Å². The summed E-state index contributed by atoms with van der Waals surface area (Å²) >= 11 is 0. The fourth-order valence-electron chi connectivity index (χ4n) is 3.15. The molecule has 6 nitrogen and oxygen atoms in total. The zero-order valence-corrected chi connectivity index (χ0v) is 14.5. The number of hydrogen-bond acceptors (Lipinski definition) is 5. The van der Waals surface area contributed by atoms with Gasteiger partial charge in [-0.1, -0.05) is 35.5 Å². The van der Waals surface area contributed by atoms with Crippen LogP contribution in [-0.2, 0) is 11.3 Å². The Kier molecular flexibility index (Phi) is 4.39. The number of nitrogens with zero attached hydrogens (tertiary/aromatic N) is 3. The van der Waals surface area contributed by atoms with E-state index >= 15 is 0 Å². The van der Waals surface area contributed by atoms with Gasteiger partial charge >= 0.3 is 0 Å². The fraction of sp³-hybridized carbons (Fsp3) is 0.250. The van der Waals surface area contributed by atoms with Crippen molar-refractivity contribution in [3.8, 4) is 17.2 Å². The molecule has 0 radical (unpaired) electrons. The maximum Gasteiger partial charge on any atom is 0.257 e. The van der Waals surface area contributed by atoms with E-state index in [0.717, 1.165) is 16.9 Å². The molecule has 26 heavy (non-hydrogen) atoms. The third-order valence-corrected chi connectivity index (χ3v) is 4.57. The average molecular weight is 349 g/mol. The van der Waals surface area contributed by atoms with Crippen LogP contribution in [0.1, 0.15) is 23.7 Å². The second-order valence-electron chi connectivity index (χ2n) is 6.35. The summed E-state index contributed by atoms with van der Waals surface area (Å²) in [6, 6.07) is 17.4. The molecule has 1 aliphatic heterocycles. The van der Waals surface area contributed by atoms with E-state index in [1.165, 1.54) is 0 Å². The summed E-state index contributed by atoms with van der Waals surface area (Å²) in [6.45, 7) is 1.22. The number of likely N-dealkylation sites (tertiary alicyclic amines) is 1. The van der Waals surface area contributed by atoms with Gasteiger partial charge in [-0.05, 0) is 29.8 Å². The van der Waals surface area contributed by atoms with E-state index in [1.807, 2.05) is 59.5 Å². The highest BCUT2D eigenvalue weighted by atomic mass is 16.5. The van der Waals surface area contributed by atoms with Crippen molar-refractivity contribution in [3.05, 3.63) is 66.0 Å². The van der Waals surface area contributed by atoms with Crippen molar-refractivity contribution >= 4 is 5.91 Å². The molecular weight excluding hydrogens is 330 g/mol. The number of amides is 1. The first-order valence-corrected chi connectivity index (χ1v) is 8.52. The fourth-order valence-corrected chi connectivity index (χ4v) is 3.15. The predicted octanol–water partition coefficient (Wildman–Crippen LogP) is 3.26. The number of hydrogen-bond donors (Lipinski definition) is 0. The Morgan fingerprint density at radius 3 is 2.65 bits per heavy atom. The Balaban J connectivity index is 1.46. The van der Waals surface area contributed by atoms with Crippen LogP contribution < -0.4 is 4.74 Å². The van der Waals surface area contributed by atoms with Crippen LogP contribution in [0.5, 0.6) is 5.75 Å². The molecule has 0 spiro atoms. The maximum atomic E-state index is 12.3. The normalized spacial score (nSPS) is 16.9. The lowest BCUT2D eigenvalue weighted by Crippen LogP contribution is -2.24. The Labute approximate surface area is 151 Å². The molecule has 1 aliphatic rings. The van der Waals surface area contributed by atoms with E-state index in [1.54, 1.807) is 7.11 Å². The second-order valence-corrected chi connectivity index (χ2v) is 6.35. The van der Waals surface area contributed by atoms with Crippen LogP contribution in [0.3, 0.4) is 0 Å². The van der Waals surface area contributed by atoms with Crippen LogP contribution in [-0.4, -0.2) is 34.6 Å². The van der Waals surface area contributed by atoms with E-state index < -0.39 is 0 Å². The van der Waals surface area contributed by atoms with E-state index in [9.17, 15) is 4.79 Å². The lowest BCUT2D eigenvalue weighted by Gasteiger charge is -2.15. The first-order chi connectivity index (χ1) is 12.7. The van der Waals surface area contributed by atoms with Crippen molar-refractivity contribution in [1.82, 2.24) is 15.0 Å². The summed E-state index contributed by atoms with van der Waals surface area (Å²) in [4.78, 5) is 18.7. The third kappa shape index (κ3) is 3.31.